The summed E-state index contributed by atoms with van der Waals surface area (Å²) in [5.41, 5.74) is 0. The molecule has 8 nitrogen and oxygen atoms in total. The Morgan fingerprint density at radius 3 is 2.07 bits per heavy atom. The van der Waals surface area contributed by atoms with E-state index in [2.05, 4.69) is 4.74 Å². The Balaban J connectivity index is 2.68. The lowest BCUT2D eigenvalue weighted by atomic mass is 10.1. The van der Waals surface area contributed by atoms with Crippen LogP contribution in [0, 0.1) is 0 Å². The molecule has 0 aliphatic carbocycles. The summed E-state index contributed by atoms with van der Waals surface area (Å²) in [5, 5.41) is 43.6. The molecule has 0 aromatic heterocycles. The lowest BCUT2D eigenvalue weighted by molar-refractivity contribution is -0.168. The van der Waals surface area contributed by atoms with Gasteiger partial charge in [0.2, 0.25) is 11.9 Å². The van der Waals surface area contributed by atoms with Crippen molar-refractivity contribution in [2.24, 2.45) is 0 Å². The van der Waals surface area contributed by atoms with E-state index in [1.165, 1.54) is 0 Å². The zero-order valence-corrected chi connectivity index (χ0v) is 6.69. The van der Waals surface area contributed by atoms with E-state index in [0.29, 0.717) is 0 Å². The molecule has 1 heterocycles. The average molecular weight is 208 g/mol. The van der Waals surface area contributed by atoms with Crippen LogP contribution in [0.1, 0.15) is 0 Å². The summed E-state index contributed by atoms with van der Waals surface area (Å²) in [6.45, 7) is 0. The number of rotatable bonds is 4. The van der Waals surface area contributed by atoms with E-state index in [-0.39, 0.29) is 0 Å². The Kier molecular flexibility index (Phi) is 2.46. The molecule has 1 aliphatic heterocycles. The minimum Gasteiger partial charge on any atom is -0.479 e. The predicted octanol–water partition coefficient (Wildman–Crippen LogP) is -3.04. The van der Waals surface area contributed by atoms with Crippen LogP contribution in [-0.4, -0.2) is 61.6 Å². The number of carboxylic acid groups (broad SMARTS) is 2. The summed E-state index contributed by atoms with van der Waals surface area (Å²) in [6, 6.07) is 0. The number of epoxide rings is 1. The van der Waals surface area contributed by atoms with Gasteiger partial charge in [0.1, 0.15) is 6.10 Å². The SMILES string of the molecule is O=C(O)[C@@H](O)[C@@H](O)[C@@]1(O)O[C@H]1C(=O)O. The van der Waals surface area contributed by atoms with Crippen LogP contribution in [0.15, 0.2) is 0 Å². The van der Waals surface area contributed by atoms with Crippen molar-refractivity contribution in [1.29, 1.82) is 0 Å². The lowest BCUT2D eigenvalue weighted by Gasteiger charge is -2.16. The van der Waals surface area contributed by atoms with Gasteiger partial charge >= 0.3 is 11.9 Å². The molecule has 5 N–H and O–H groups in total. The fourth-order valence-corrected chi connectivity index (χ4v) is 0.968. The number of hydrogen-bond donors (Lipinski definition) is 5. The minimum absolute atomic E-state index is 1.55. The van der Waals surface area contributed by atoms with Crippen molar-refractivity contribution in [3.8, 4) is 0 Å². The molecular weight excluding hydrogens is 200 g/mol. The van der Waals surface area contributed by atoms with E-state index in [1.807, 2.05) is 0 Å². The second kappa shape index (κ2) is 3.17. The molecule has 1 saturated heterocycles. The molecule has 1 aliphatic rings. The fraction of sp³-hybridized carbons (Fsp3) is 0.667. The molecule has 0 bridgehead atoms. The molecule has 0 saturated carbocycles. The first kappa shape index (κ1) is 10.9. The summed E-state index contributed by atoms with van der Waals surface area (Å²) >= 11 is 0. The Morgan fingerprint density at radius 1 is 1.29 bits per heavy atom. The van der Waals surface area contributed by atoms with E-state index in [4.69, 9.17) is 20.4 Å². The number of carbonyl (C=O) groups is 2. The van der Waals surface area contributed by atoms with Gasteiger partial charge in [-0.05, 0) is 0 Å². The van der Waals surface area contributed by atoms with Gasteiger partial charge in [0.25, 0.3) is 0 Å². The smallest absolute Gasteiger partial charge is 0.338 e. The van der Waals surface area contributed by atoms with Crippen LogP contribution in [0.4, 0.5) is 0 Å². The largest absolute Gasteiger partial charge is 0.479 e. The van der Waals surface area contributed by atoms with Crippen molar-refractivity contribution < 1.29 is 39.9 Å². The van der Waals surface area contributed by atoms with Gasteiger partial charge in [-0.3, -0.25) is 0 Å². The summed E-state index contributed by atoms with van der Waals surface area (Å²) in [6.07, 6.45) is -6.23. The van der Waals surface area contributed by atoms with Crippen LogP contribution >= 0.6 is 0 Å². The van der Waals surface area contributed by atoms with Crippen LogP contribution in [0.2, 0.25) is 0 Å². The third kappa shape index (κ3) is 1.55. The first-order valence-electron chi connectivity index (χ1n) is 3.52. The highest BCUT2D eigenvalue weighted by atomic mass is 16.8. The average Bonchev–Trinajstić information content (AvgIpc) is 2.77. The molecule has 4 atom stereocenters. The highest BCUT2D eigenvalue weighted by molar-refractivity contribution is 5.78. The van der Waals surface area contributed by atoms with Gasteiger partial charge < -0.3 is 30.3 Å². The van der Waals surface area contributed by atoms with Gasteiger partial charge in [0.05, 0.1) is 0 Å². The van der Waals surface area contributed by atoms with Crippen molar-refractivity contribution >= 4 is 11.9 Å². The molecule has 0 spiro atoms. The third-order valence-corrected chi connectivity index (χ3v) is 1.83. The van der Waals surface area contributed by atoms with E-state index >= 15 is 0 Å². The van der Waals surface area contributed by atoms with Gasteiger partial charge in [-0.1, -0.05) is 0 Å². The molecular formula is C6H8O8. The standard InChI is InChI=1S/C6H8O8/c7-1(4(9)10)2(8)6(13)3(14-6)5(11)12/h1-3,7-8,13H,(H,9,10)(H,11,12)/t1-,2+,3-,6+/m0/s1. The number of aliphatic hydroxyl groups is 3. The number of carboxylic acids is 2. The number of aliphatic carboxylic acids is 2. The van der Waals surface area contributed by atoms with Gasteiger partial charge in [-0.15, -0.1) is 0 Å². The van der Waals surface area contributed by atoms with Gasteiger partial charge in [-0.2, -0.15) is 0 Å². The minimum atomic E-state index is -2.52. The summed E-state index contributed by atoms with van der Waals surface area (Å²) < 4.78 is 4.18. The van der Waals surface area contributed by atoms with E-state index in [9.17, 15) is 14.7 Å². The quantitative estimate of drug-likeness (QED) is 0.306. The maximum absolute atomic E-state index is 10.2. The fourth-order valence-electron chi connectivity index (χ4n) is 0.968. The number of aliphatic hydroxyl groups excluding tert-OH is 2. The van der Waals surface area contributed by atoms with E-state index in [0.717, 1.165) is 0 Å². The summed E-state index contributed by atoms with van der Waals surface area (Å²) in [7, 11) is 0. The molecule has 0 aromatic rings. The van der Waals surface area contributed by atoms with Crippen LogP contribution < -0.4 is 0 Å². The van der Waals surface area contributed by atoms with Crippen molar-refractivity contribution in [1.82, 2.24) is 0 Å². The zero-order chi connectivity index (χ0) is 11.1. The highest BCUT2D eigenvalue weighted by Gasteiger charge is 2.67. The van der Waals surface area contributed by atoms with Crippen molar-refractivity contribution in [2.75, 3.05) is 0 Å². The van der Waals surface area contributed by atoms with Crippen LogP contribution in [0.5, 0.6) is 0 Å². The second-order valence-electron chi connectivity index (χ2n) is 2.82. The van der Waals surface area contributed by atoms with Crippen molar-refractivity contribution in [2.45, 2.75) is 24.1 Å². The van der Waals surface area contributed by atoms with Crippen LogP contribution in [0.25, 0.3) is 0 Å². The summed E-state index contributed by atoms with van der Waals surface area (Å²) in [4.78, 5) is 20.4. The van der Waals surface area contributed by atoms with Crippen LogP contribution in [-0.2, 0) is 14.3 Å². The summed E-state index contributed by atoms with van der Waals surface area (Å²) in [5.74, 6) is -5.86. The Hall–Kier alpha value is -1.22. The Labute approximate surface area is 77.0 Å². The maximum Gasteiger partial charge on any atom is 0.338 e. The molecule has 0 radical (unpaired) electrons. The van der Waals surface area contributed by atoms with Gasteiger partial charge in [0, 0.05) is 0 Å². The van der Waals surface area contributed by atoms with Crippen LogP contribution in [0.3, 0.4) is 0 Å². The normalized spacial score (nSPS) is 34.6. The molecule has 8 heteroatoms. The first-order valence-corrected chi connectivity index (χ1v) is 3.52. The van der Waals surface area contributed by atoms with Gasteiger partial charge in [0.15, 0.2) is 6.10 Å². The topological polar surface area (TPSA) is 148 Å². The molecule has 1 fully saturated rings. The molecule has 14 heavy (non-hydrogen) atoms. The molecule has 1 rings (SSSR count). The monoisotopic (exact) mass is 208 g/mol. The van der Waals surface area contributed by atoms with Crippen molar-refractivity contribution in [3.63, 3.8) is 0 Å². The van der Waals surface area contributed by atoms with E-state index in [1.54, 1.807) is 0 Å². The number of ether oxygens (including phenoxy) is 1. The Bertz CT molecular complexity index is 275. The highest BCUT2D eigenvalue weighted by Crippen LogP contribution is 2.38. The lowest BCUT2D eigenvalue weighted by Crippen LogP contribution is -2.46. The molecule has 0 aromatic carbocycles. The Morgan fingerprint density at radius 2 is 1.79 bits per heavy atom. The predicted molar refractivity (Wildman–Crippen MR) is 37.1 cm³/mol. The van der Waals surface area contributed by atoms with Crippen molar-refractivity contribution in [3.05, 3.63) is 0 Å². The zero-order valence-electron chi connectivity index (χ0n) is 6.69. The molecule has 0 unspecified atom stereocenters. The van der Waals surface area contributed by atoms with Gasteiger partial charge in [-0.25, -0.2) is 9.59 Å². The third-order valence-electron chi connectivity index (χ3n) is 1.83. The second-order valence-corrected chi connectivity index (χ2v) is 2.82. The van der Waals surface area contributed by atoms with E-state index < -0.39 is 36.0 Å². The molecule has 80 valence electrons. The molecule has 0 amide bonds. The maximum atomic E-state index is 10.2. The number of hydrogen-bond acceptors (Lipinski definition) is 6. The first-order chi connectivity index (χ1) is 6.30.